The first-order valence-electron chi connectivity index (χ1n) is 10.7. The molecule has 0 atom stereocenters. The van der Waals surface area contributed by atoms with E-state index in [1.54, 1.807) is 16.7 Å². The number of nitrogens with one attached hydrogen (secondary N) is 1. The van der Waals surface area contributed by atoms with Crippen LogP contribution in [-0.2, 0) is 6.18 Å². The normalized spacial score (nSPS) is 14.3. The summed E-state index contributed by atoms with van der Waals surface area (Å²) >= 11 is 1.64. The maximum atomic E-state index is 12.9. The summed E-state index contributed by atoms with van der Waals surface area (Å²) in [5.74, 6) is 1.06. The maximum Gasteiger partial charge on any atom is 0.416 e. The van der Waals surface area contributed by atoms with E-state index < -0.39 is 11.7 Å². The number of nitrogens with zero attached hydrogens (tertiary/aromatic N) is 4. The number of hydrogen-bond acceptors (Lipinski definition) is 5. The third-order valence-corrected chi connectivity index (χ3v) is 6.29. The van der Waals surface area contributed by atoms with Crippen LogP contribution in [0.25, 0.3) is 11.4 Å². The van der Waals surface area contributed by atoms with Gasteiger partial charge in [0.1, 0.15) is 5.82 Å². The zero-order chi connectivity index (χ0) is 24.3. The van der Waals surface area contributed by atoms with Crippen LogP contribution in [0.5, 0.6) is 0 Å². The lowest BCUT2D eigenvalue weighted by atomic mass is 10.1. The van der Waals surface area contributed by atoms with Gasteiger partial charge in [-0.3, -0.25) is 0 Å². The number of piperazine rings is 1. The number of anilines is 2. The van der Waals surface area contributed by atoms with Crippen LogP contribution in [0.1, 0.15) is 11.3 Å². The van der Waals surface area contributed by atoms with Crippen molar-refractivity contribution < 1.29 is 18.0 Å². The Hall–Kier alpha value is -3.27. The van der Waals surface area contributed by atoms with Gasteiger partial charge in [0.15, 0.2) is 5.82 Å². The van der Waals surface area contributed by atoms with Crippen molar-refractivity contribution in [2.24, 2.45) is 0 Å². The number of thioether (sulfide) groups is 1. The predicted octanol–water partition coefficient (Wildman–Crippen LogP) is 5.55. The first kappa shape index (κ1) is 23.9. The molecule has 1 N–H and O–H groups in total. The molecule has 2 amide bonds. The van der Waals surface area contributed by atoms with E-state index in [1.807, 2.05) is 43.5 Å². The van der Waals surface area contributed by atoms with Crippen molar-refractivity contribution in [2.75, 3.05) is 42.7 Å². The predicted molar refractivity (Wildman–Crippen MR) is 128 cm³/mol. The average molecular weight is 488 g/mol. The maximum absolute atomic E-state index is 12.9. The number of alkyl halides is 3. The number of amides is 2. The van der Waals surface area contributed by atoms with Crippen molar-refractivity contribution in [3.63, 3.8) is 0 Å². The second kappa shape index (κ2) is 9.92. The summed E-state index contributed by atoms with van der Waals surface area (Å²) in [7, 11) is 0. The molecular formula is C24H24F3N5OS. The molecule has 34 heavy (non-hydrogen) atoms. The molecule has 4 rings (SSSR count). The van der Waals surface area contributed by atoms with Gasteiger partial charge in [0.2, 0.25) is 0 Å². The Kier molecular flexibility index (Phi) is 6.97. The molecule has 178 valence electrons. The molecule has 0 aliphatic carbocycles. The fourth-order valence-corrected chi connectivity index (χ4v) is 4.08. The lowest BCUT2D eigenvalue weighted by molar-refractivity contribution is -0.137. The molecule has 0 saturated carbocycles. The summed E-state index contributed by atoms with van der Waals surface area (Å²) in [6, 6.07) is 14.2. The van der Waals surface area contributed by atoms with E-state index in [0.29, 0.717) is 49.1 Å². The molecule has 0 bridgehead atoms. The number of aryl methyl sites for hydroxylation is 1. The van der Waals surface area contributed by atoms with Gasteiger partial charge in [-0.1, -0.05) is 12.1 Å². The number of carbonyl (C=O) groups excluding carboxylic acids is 1. The number of benzene rings is 2. The number of halogens is 3. The standard InChI is InChI=1S/C24H24F3N5OS/c1-16-15-21(30-22(28-16)17-3-5-18(6-4-17)24(25,26)27)31-11-13-32(14-12-31)23(33)29-19-7-9-20(34-2)10-8-19/h3-10,15H,11-14H2,1-2H3,(H,29,33). The van der Waals surface area contributed by atoms with Gasteiger partial charge in [-0.25, -0.2) is 14.8 Å². The molecule has 1 aliphatic heterocycles. The topological polar surface area (TPSA) is 61.4 Å². The average Bonchev–Trinajstić information content (AvgIpc) is 2.84. The molecule has 1 aliphatic rings. The van der Waals surface area contributed by atoms with Crippen LogP contribution in [-0.4, -0.2) is 53.3 Å². The van der Waals surface area contributed by atoms with Gasteiger partial charge in [-0.15, -0.1) is 11.8 Å². The molecule has 0 spiro atoms. The lowest BCUT2D eigenvalue weighted by Gasteiger charge is -2.35. The van der Waals surface area contributed by atoms with Gasteiger partial charge in [-0.05, 0) is 49.6 Å². The fourth-order valence-electron chi connectivity index (χ4n) is 3.67. The Morgan fingerprint density at radius 2 is 1.62 bits per heavy atom. The zero-order valence-electron chi connectivity index (χ0n) is 18.8. The van der Waals surface area contributed by atoms with E-state index in [0.717, 1.165) is 22.7 Å². The molecule has 1 saturated heterocycles. The summed E-state index contributed by atoms with van der Waals surface area (Å²) in [5.41, 5.74) is 1.27. The number of urea groups is 1. The Labute approximate surface area is 200 Å². The van der Waals surface area contributed by atoms with E-state index in [4.69, 9.17) is 0 Å². The van der Waals surface area contributed by atoms with E-state index >= 15 is 0 Å². The number of aromatic nitrogens is 2. The van der Waals surface area contributed by atoms with E-state index in [1.165, 1.54) is 12.1 Å². The highest BCUT2D eigenvalue weighted by molar-refractivity contribution is 7.98. The minimum Gasteiger partial charge on any atom is -0.353 e. The van der Waals surface area contributed by atoms with Gasteiger partial charge >= 0.3 is 12.2 Å². The van der Waals surface area contributed by atoms with Crippen molar-refractivity contribution in [3.05, 3.63) is 65.9 Å². The second-order valence-electron chi connectivity index (χ2n) is 7.90. The van der Waals surface area contributed by atoms with Crippen LogP contribution in [0.3, 0.4) is 0 Å². The molecule has 1 aromatic heterocycles. The molecule has 6 nitrogen and oxygen atoms in total. The number of carbonyl (C=O) groups is 1. The van der Waals surface area contributed by atoms with Crippen LogP contribution in [0.4, 0.5) is 29.5 Å². The zero-order valence-corrected chi connectivity index (χ0v) is 19.6. The van der Waals surface area contributed by atoms with Crippen molar-refractivity contribution in [3.8, 4) is 11.4 Å². The number of hydrogen-bond donors (Lipinski definition) is 1. The van der Waals surface area contributed by atoms with Gasteiger partial charge in [0, 0.05) is 54.1 Å². The van der Waals surface area contributed by atoms with E-state index in [9.17, 15) is 18.0 Å². The van der Waals surface area contributed by atoms with Crippen LogP contribution in [0, 0.1) is 6.92 Å². The molecule has 0 unspecified atom stereocenters. The third kappa shape index (κ3) is 5.61. The van der Waals surface area contributed by atoms with Crippen molar-refractivity contribution in [2.45, 2.75) is 18.0 Å². The highest BCUT2D eigenvalue weighted by atomic mass is 32.2. The van der Waals surface area contributed by atoms with Gasteiger partial charge in [-0.2, -0.15) is 13.2 Å². The quantitative estimate of drug-likeness (QED) is 0.489. The summed E-state index contributed by atoms with van der Waals surface area (Å²) in [6.45, 7) is 4.04. The van der Waals surface area contributed by atoms with Crippen LogP contribution in [0.2, 0.25) is 0 Å². The van der Waals surface area contributed by atoms with E-state index in [2.05, 4.69) is 20.2 Å². The molecular weight excluding hydrogens is 463 g/mol. The first-order chi connectivity index (χ1) is 16.2. The van der Waals surface area contributed by atoms with Crippen LogP contribution >= 0.6 is 11.8 Å². The van der Waals surface area contributed by atoms with Crippen molar-refractivity contribution in [1.82, 2.24) is 14.9 Å². The number of rotatable bonds is 4. The van der Waals surface area contributed by atoms with Gasteiger partial charge in [0.05, 0.1) is 5.56 Å². The van der Waals surface area contributed by atoms with Gasteiger partial charge in [0.25, 0.3) is 0 Å². The largest absolute Gasteiger partial charge is 0.416 e. The Balaban J connectivity index is 1.41. The smallest absolute Gasteiger partial charge is 0.353 e. The monoisotopic (exact) mass is 487 g/mol. The molecule has 3 aromatic rings. The Morgan fingerprint density at radius 3 is 2.21 bits per heavy atom. The SMILES string of the molecule is CSc1ccc(NC(=O)N2CCN(c3cc(C)nc(-c4ccc(C(F)(F)F)cc4)n3)CC2)cc1. The lowest BCUT2D eigenvalue weighted by Crippen LogP contribution is -2.50. The Morgan fingerprint density at radius 1 is 0.971 bits per heavy atom. The van der Waals surface area contributed by atoms with Gasteiger partial charge < -0.3 is 15.1 Å². The van der Waals surface area contributed by atoms with Crippen LogP contribution < -0.4 is 10.2 Å². The molecule has 2 aromatic carbocycles. The van der Waals surface area contributed by atoms with Crippen LogP contribution in [0.15, 0.2) is 59.5 Å². The first-order valence-corrected chi connectivity index (χ1v) is 11.9. The van der Waals surface area contributed by atoms with E-state index in [-0.39, 0.29) is 6.03 Å². The second-order valence-corrected chi connectivity index (χ2v) is 8.78. The minimum absolute atomic E-state index is 0.152. The summed E-state index contributed by atoms with van der Waals surface area (Å²) < 4.78 is 38.6. The summed E-state index contributed by atoms with van der Waals surface area (Å²) in [6.07, 6.45) is -2.39. The summed E-state index contributed by atoms with van der Waals surface area (Å²) in [4.78, 5) is 26.6. The third-order valence-electron chi connectivity index (χ3n) is 5.54. The highest BCUT2D eigenvalue weighted by Gasteiger charge is 2.30. The molecule has 0 radical (unpaired) electrons. The molecule has 1 fully saturated rings. The fraction of sp³-hybridized carbons (Fsp3) is 0.292. The minimum atomic E-state index is -4.39. The molecule has 10 heteroatoms. The molecule has 2 heterocycles. The van der Waals surface area contributed by atoms with Crippen molar-refractivity contribution >= 4 is 29.3 Å². The Bertz CT molecular complexity index is 1140. The highest BCUT2D eigenvalue weighted by Crippen LogP contribution is 2.31. The summed E-state index contributed by atoms with van der Waals surface area (Å²) in [5, 5.41) is 2.93. The van der Waals surface area contributed by atoms with Crippen molar-refractivity contribution in [1.29, 1.82) is 0 Å².